The summed E-state index contributed by atoms with van der Waals surface area (Å²) in [6.45, 7) is 1.64. The van der Waals surface area contributed by atoms with E-state index in [1.165, 1.54) is 13.2 Å². The van der Waals surface area contributed by atoms with E-state index in [0.29, 0.717) is 58.4 Å². The van der Waals surface area contributed by atoms with Gasteiger partial charge in [0.1, 0.15) is 12.4 Å². The molecule has 1 aromatic heterocycles. The molecule has 4 aromatic rings. The van der Waals surface area contributed by atoms with E-state index in [0.717, 1.165) is 17.5 Å². The molecular formula is C35H31FN4O6. The number of carbonyl (C=O) groups is 2. The zero-order valence-electron chi connectivity index (χ0n) is 25.1. The lowest BCUT2D eigenvalue weighted by molar-refractivity contribution is -0.115. The van der Waals surface area contributed by atoms with Gasteiger partial charge in [0.15, 0.2) is 0 Å². The molecule has 6 rings (SSSR count). The largest absolute Gasteiger partial charge is 0.473 e. The number of fused-ring (bicyclic) bond motifs is 6. The Bertz CT molecular complexity index is 1830. The van der Waals surface area contributed by atoms with Crippen LogP contribution in [0.1, 0.15) is 44.6 Å². The first-order chi connectivity index (χ1) is 22.4. The molecule has 11 heteroatoms. The number of hydrogen-bond acceptors (Lipinski definition) is 9. The highest BCUT2D eigenvalue weighted by atomic mass is 19.1. The monoisotopic (exact) mass is 622 g/mol. The Labute approximate surface area is 265 Å². The van der Waals surface area contributed by atoms with E-state index in [4.69, 9.17) is 18.9 Å². The smallest absolute Gasteiger partial charge is 0.337 e. The fraction of sp³-hybridized carbons (Fsp3) is 0.257. The second kappa shape index (κ2) is 13.8. The van der Waals surface area contributed by atoms with Gasteiger partial charge in [0.05, 0.1) is 67.1 Å². The van der Waals surface area contributed by atoms with Gasteiger partial charge < -0.3 is 29.6 Å². The standard InChI is InChI=1S/C35H31FN4O6/c1-43-35(42)22-7-8-31(32(14-22)38-17-27-9-10-45-27)39-33(41)15-24-13-29(36)28-12-26(24)19-44-18-25-11-21(16-37)5-6-23(25)20-46-34-4-2-3-30(28)40-34/h2-8,11-14,27,38H,9-10,15,17-20H2,1H3,(H,39,41)/t27-/m0/s1. The maximum Gasteiger partial charge on any atom is 0.337 e. The van der Waals surface area contributed by atoms with Gasteiger partial charge in [-0.15, -0.1) is 0 Å². The third-order valence-corrected chi connectivity index (χ3v) is 7.89. The minimum atomic E-state index is -0.543. The van der Waals surface area contributed by atoms with Crippen LogP contribution in [0.25, 0.3) is 11.3 Å². The molecule has 1 fully saturated rings. The first kappa shape index (κ1) is 30.7. The summed E-state index contributed by atoms with van der Waals surface area (Å²) < 4.78 is 38.0. The van der Waals surface area contributed by atoms with Crippen LogP contribution in [0.15, 0.2) is 66.7 Å². The Kier molecular flexibility index (Phi) is 9.19. The number of carbonyl (C=O) groups excluding carboxylic acids is 2. The Morgan fingerprint density at radius 1 is 1.02 bits per heavy atom. The van der Waals surface area contributed by atoms with Crippen molar-refractivity contribution in [2.24, 2.45) is 0 Å². The highest BCUT2D eigenvalue weighted by Crippen LogP contribution is 2.30. The van der Waals surface area contributed by atoms with E-state index >= 15 is 4.39 Å². The van der Waals surface area contributed by atoms with Crippen LogP contribution in [-0.4, -0.2) is 43.2 Å². The van der Waals surface area contributed by atoms with Crippen molar-refractivity contribution in [1.82, 2.24) is 4.98 Å². The number of ether oxygens (including phenoxy) is 4. The number of nitriles is 1. The molecule has 3 heterocycles. The maximum atomic E-state index is 15.6. The van der Waals surface area contributed by atoms with Crippen molar-refractivity contribution < 1.29 is 32.9 Å². The van der Waals surface area contributed by atoms with E-state index in [2.05, 4.69) is 21.7 Å². The molecule has 10 nitrogen and oxygen atoms in total. The first-order valence-electron chi connectivity index (χ1n) is 14.8. The van der Waals surface area contributed by atoms with Crippen molar-refractivity contribution >= 4 is 23.3 Å². The van der Waals surface area contributed by atoms with Crippen molar-refractivity contribution in [1.29, 1.82) is 5.26 Å². The molecule has 2 aliphatic rings. The van der Waals surface area contributed by atoms with Crippen LogP contribution in [0.4, 0.5) is 15.8 Å². The van der Waals surface area contributed by atoms with Gasteiger partial charge >= 0.3 is 5.97 Å². The predicted octanol–water partition coefficient (Wildman–Crippen LogP) is 5.54. The number of esters is 1. The number of halogens is 1. The number of aromatic nitrogens is 1. The number of nitrogens with one attached hydrogen (secondary N) is 2. The van der Waals surface area contributed by atoms with Crippen molar-refractivity contribution in [3.63, 3.8) is 0 Å². The summed E-state index contributed by atoms with van der Waals surface area (Å²) in [6.07, 6.45) is 0.806. The molecule has 0 unspecified atom stereocenters. The van der Waals surface area contributed by atoms with E-state index in [-0.39, 0.29) is 37.9 Å². The lowest BCUT2D eigenvalue weighted by Gasteiger charge is -2.27. The number of nitrogens with zero attached hydrogens (tertiary/aromatic N) is 2. The Morgan fingerprint density at radius 2 is 1.87 bits per heavy atom. The molecule has 0 saturated carbocycles. The average Bonchev–Trinajstić information content (AvgIpc) is 3.05. The SMILES string of the molecule is COC(=O)c1ccc(NC(=O)Cc2cc(F)c3cc2COCc2cc(C#N)ccc2COc2cccc-3n2)c(NC[C@@H]2CCO2)c1. The van der Waals surface area contributed by atoms with Crippen LogP contribution < -0.4 is 15.4 Å². The zero-order valence-corrected chi connectivity index (χ0v) is 25.1. The van der Waals surface area contributed by atoms with E-state index < -0.39 is 17.7 Å². The highest BCUT2D eigenvalue weighted by molar-refractivity contribution is 5.98. The van der Waals surface area contributed by atoms with Crippen LogP contribution >= 0.6 is 0 Å². The van der Waals surface area contributed by atoms with Crippen molar-refractivity contribution in [3.8, 4) is 23.2 Å². The second-order valence-electron chi connectivity index (χ2n) is 11.0. The molecule has 1 amide bonds. The highest BCUT2D eigenvalue weighted by Gasteiger charge is 2.21. The van der Waals surface area contributed by atoms with Crippen molar-refractivity contribution in [2.75, 3.05) is 30.9 Å². The third-order valence-electron chi connectivity index (χ3n) is 7.89. The minimum Gasteiger partial charge on any atom is -0.473 e. The van der Waals surface area contributed by atoms with Gasteiger partial charge in [-0.1, -0.05) is 12.1 Å². The average molecular weight is 623 g/mol. The molecule has 2 N–H and O–H groups in total. The van der Waals surface area contributed by atoms with Gasteiger partial charge in [-0.2, -0.15) is 5.26 Å². The van der Waals surface area contributed by atoms with Gasteiger partial charge in [0.25, 0.3) is 0 Å². The number of rotatable bonds is 7. The molecule has 1 saturated heterocycles. The van der Waals surface area contributed by atoms with E-state index in [1.807, 2.05) is 6.07 Å². The van der Waals surface area contributed by atoms with Crippen LogP contribution in [0.5, 0.6) is 5.88 Å². The van der Waals surface area contributed by atoms with Crippen molar-refractivity contribution in [3.05, 3.63) is 106 Å². The van der Waals surface area contributed by atoms with Gasteiger partial charge in [-0.05, 0) is 77.2 Å². The zero-order chi connectivity index (χ0) is 32.0. The Balaban J connectivity index is 1.28. The first-order valence-corrected chi connectivity index (χ1v) is 14.8. The number of anilines is 2. The molecule has 2 aliphatic heterocycles. The fourth-order valence-electron chi connectivity index (χ4n) is 5.27. The number of hydrogen-bond donors (Lipinski definition) is 2. The van der Waals surface area contributed by atoms with Crippen LogP contribution in [-0.2, 0) is 45.2 Å². The van der Waals surface area contributed by atoms with Gasteiger partial charge in [0, 0.05) is 24.8 Å². The summed E-state index contributed by atoms with van der Waals surface area (Å²) in [5.74, 6) is -1.12. The lowest BCUT2D eigenvalue weighted by atomic mass is 9.98. The molecule has 3 aromatic carbocycles. The molecule has 0 radical (unpaired) electrons. The molecule has 0 aliphatic carbocycles. The topological polar surface area (TPSA) is 132 Å². The van der Waals surface area contributed by atoms with E-state index in [9.17, 15) is 14.9 Å². The Hall–Kier alpha value is -5.31. The third kappa shape index (κ3) is 6.99. The Morgan fingerprint density at radius 3 is 2.65 bits per heavy atom. The van der Waals surface area contributed by atoms with Crippen LogP contribution in [0, 0.1) is 17.1 Å². The van der Waals surface area contributed by atoms with Crippen molar-refractivity contribution in [2.45, 2.75) is 38.8 Å². The van der Waals surface area contributed by atoms with E-state index in [1.54, 1.807) is 54.6 Å². The molecule has 4 bridgehead atoms. The number of methoxy groups -OCH3 is 1. The number of benzene rings is 3. The summed E-state index contributed by atoms with van der Waals surface area (Å²) in [7, 11) is 1.30. The number of amides is 1. The summed E-state index contributed by atoms with van der Waals surface area (Å²) in [6, 6.07) is 20.3. The van der Waals surface area contributed by atoms with Gasteiger partial charge in [-0.25, -0.2) is 14.2 Å². The molecule has 1 atom stereocenters. The maximum absolute atomic E-state index is 15.6. The summed E-state index contributed by atoms with van der Waals surface area (Å²) >= 11 is 0. The van der Waals surface area contributed by atoms with Crippen LogP contribution in [0.3, 0.4) is 0 Å². The molecule has 0 spiro atoms. The van der Waals surface area contributed by atoms with Gasteiger partial charge in [0.2, 0.25) is 11.8 Å². The number of pyridine rings is 1. The molecular weight excluding hydrogens is 591 g/mol. The lowest BCUT2D eigenvalue weighted by Crippen LogP contribution is -2.33. The summed E-state index contributed by atoms with van der Waals surface area (Å²) in [4.78, 5) is 30.1. The normalized spacial score (nSPS) is 15.3. The summed E-state index contributed by atoms with van der Waals surface area (Å²) in [5.41, 5.74) is 5.08. The predicted molar refractivity (Wildman–Crippen MR) is 167 cm³/mol. The molecule has 46 heavy (non-hydrogen) atoms. The minimum absolute atomic E-state index is 0.0409. The van der Waals surface area contributed by atoms with Crippen LogP contribution in [0.2, 0.25) is 0 Å². The quantitative estimate of drug-likeness (QED) is 0.255. The summed E-state index contributed by atoms with van der Waals surface area (Å²) in [5, 5.41) is 15.6. The fourth-order valence-corrected chi connectivity index (χ4v) is 5.27. The van der Waals surface area contributed by atoms with Gasteiger partial charge in [-0.3, -0.25) is 4.79 Å². The molecule has 234 valence electrons. The second-order valence-corrected chi connectivity index (χ2v) is 11.0.